The van der Waals surface area contributed by atoms with Crippen molar-refractivity contribution in [1.82, 2.24) is 4.31 Å². The van der Waals surface area contributed by atoms with E-state index >= 15 is 0 Å². The Balaban J connectivity index is 2.90. The van der Waals surface area contributed by atoms with Crippen LogP contribution in [0.3, 0.4) is 0 Å². The molecule has 0 aliphatic heterocycles. The number of carbonyl (C=O) groups is 1. The molecule has 1 aromatic rings. The molecule has 0 atom stereocenters. The fourth-order valence-electron chi connectivity index (χ4n) is 1.45. The standard InChI is InChI=1S/C12H17FN2O4S/c1-3-4-7-15(2)20(18,19)14-11-6-5-9(12(16)17)8-10(11)13/h5-6,8,14H,3-4,7H2,1-2H3,(H,16,17). The zero-order valence-electron chi connectivity index (χ0n) is 11.3. The molecule has 0 unspecified atom stereocenters. The number of anilines is 1. The summed E-state index contributed by atoms with van der Waals surface area (Å²) in [5.41, 5.74) is -0.525. The first kappa shape index (κ1) is 16.4. The number of rotatable bonds is 7. The molecule has 0 aliphatic rings. The Morgan fingerprint density at radius 2 is 2.10 bits per heavy atom. The number of unbranched alkanes of at least 4 members (excludes halogenated alkanes) is 1. The van der Waals surface area contributed by atoms with Crippen molar-refractivity contribution < 1.29 is 22.7 Å². The molecule has 0 spiro atoms. The van der Waals surface area contributed by atoms with Crippen LogP contribution in [0.5, 0.6) is 0 Å². The van der Waals surface area contributed by atoms with Gasteiger partial charge in [0.15, 0.2) is 0 Å². The third-order valence-electron chi connectivity index (χ3n) is 2.69. The maximum Gasteiger partial charge on any atom is 0.335 e. The number of halogens is 1. The first-order chi connectivity index (χ1) is 9.27. The number of hydrogen-bond donors (Lipinski definition) is 2. The van der Waals surface area contributed by atoms with Crippen LogP contribution in [0.1, 0.15) is 30.1 Å². The van der Waals surface area contributed by atoms with E-state index in [2.05, 4.69) is 4.72 Å². The second kappa shape index (κ2) is 6.67. The lowest BCUT2D eigenvalue weighted by molar-refractivity contribution is 0.0696. The Morgan fingerprint density at radius 3 is 2.60 bits per heavy atom. The molecular formula is C12H17FN2O4S. The van der Waals surface area contributed by atoms with Gasteiger partial charge in [-0.05, 0) is 24.6 Å². The molecule has 6 nitrogen and oxygen atoms in total. The van der Waals surface area contributed by atoms with E-state index in [1.54, 1.807) is 0 Å². The van der Waals surface area contributed by atoms with E-state index in [9.17, 15) is 17.6 Å². The van der Waals surface area contributed by atoms with Gasteiger partial charge in [-0.3, -0.25) is 4.72 Å². The van der Waals surface area contributed by atoms with Gasteiger partial charge in [0.25, 0.3) is 0 Å². The summed E-state index contributed by atoms with van der Waals surface area (Å²) in [6.07, 6.45) is 1.53. The van der Waals surface area contributed by atoms with Gasteiger partial charge in [0.05, 0.1) is 11.3 Å². The van der Waals surface area contributed by atoms with Gasteiger partial charge in [-0.1, -0.05) is 13.3 Å². The lowest BCUT2D eigenvalue weighted by atomic mass is 10.2. The Hall–Kier alpha value is -1.67. The number of hydrogen-bond acceptors (Lipinski definition) is 3. The van der Waals surface area contributed by atoms with Crippen LogP contribution < -0.4 is 4.72 Å². The molecule has 0 bridgehead atoms. The van der Waals surface area contributed by atoms with Crippen LogP contribution in [0.2, 0.25) is 0 Å². The van der Waals surface area contributed by atoms with Gasteiger partial charge in [-0.25, -0.2) is 9.18 Å². The predicted molar refractivity (Wildman–Crippen MR) is 73.4 cm³/mol. The van der Waals surface area contributed by atoms with Crippen molar-refractivity contribution >= 4 is 21.9 Å². The molecule has 8 heteroatoms. The van der Waals surface area contributed by atoms with Crippen molar-refractivity contribution in [2.75, 3.05) is 18.3 Å². The number of carboxylic acids is 1. The van der Waals surface area contributed by atoms with Gasteiger partial charge in [-0.15, -0.1) is 0 Å². The summed E-state index contributed by atoms with van der Waals surface area (Å²) < 4.78 is 40.6. The lowest BCUT2D eigenvalue weighted by Gasteiger charge is -2.18. The maximum atomic E-state index is 13.6. The average molecular weight is 304 g/mol. The van der Waals surface area contributed by atoms with Crippen molar-refractivity contribution in [3.8, 4) is 0 Å². The molecule has 0 fully saturated rings. The average Bonchev–Trinajstić information content (AvgIpc) is 2.37. The highest BCUT2D eigenvalue weighted by atomic mass is 32.2. The van der Waals surface area contributed by atoms with Crippen molar-refractivity contribution in [2.45, 2.75) is 19.8 Å². The zero-order valence-corrected chi connectivity index (χ0v) is 12.1. The zero-order chi connectivity index (χ0) is 15.3. The van der Waals surface area contributed by atoms with Crippen molar-refractivity contribution in [3.05, 3.63) is 29.6 Å². The van der Waals surface area contributed by atoms with E-state index in [4.69, 9.17) is 5.11 Å². The molecule has 1 rings (SSSR count). The van der Waals surface area contributed by atoms with Gasteiger partial charge >= 0.3 is 16.2 Å². The smallest absolute Gasteiger partial charge is 0.335 e. The molecule has 20 heavy (non-hydrogen) atoms. The maximum absolute atomic E-state index is 13.6. The summed E-state index contributed by atoms with van der Waals surface area (Å²) in [5, 5.41) is 8.70. The van der Waals surface area contributed by atoms with Crippen molar-refractivity contribution in [1.29, 1.82) is 0 Å². The highest BCUT2D eigenvalue weighted by Gasteiger charge is 2.19. The minimum atomic E-state index is -3.85. The molecule has 1 aromatic carbocycles. The monoisotopic (exact) mass is 304 g/mol. The summed E-state index contributed by atoms with van der Waals surface area (Å²) in [6, 6.07) is 2.99. The predicted octanol–water partition coefficient (Wildman–Crippen LogP) is 1.91. The summed E-state index contributed by atoms with van der Waals surface area (Å²) in [6.45, 7) is 2.25. The molecule has 0 radical (unpaired) electrons. The molecular weight excluding hydrogens is 287 g/mol. The summed E-state index contributed by atoms with van der Waals surface area (Å²) in [5.74, 6) is -2.21. The fourth-order valence-corrected chi connectivity index (χ4v) is 2.42. The molecule has 0 saturated heterocycles. The number of nitrogens with zero attached hydrogens (tertiary/aromatic N) is 1. The normalized spacial score (nSPS) is 11.6. The van der Waals surface area contributed by atoms with Crippen LogP contribution in [0.4, 0.5) is 10.1 Å². The van der Waals surface area contributed by atoms with Crippen LogP contribution in [0.25, 0.3) is 0 Å². The van der Waals surface area contributed by atoms with E-state index < -0.39 is 22.0 Å². The van der Waals surface area contributed by atoms with Crippen LogP contribution in [-0.4, -0.2) is 37.4 Å². The Morgan fingerprint density at radius 1 is 1.45 bits per heavy atom. The topological polar surface area (TPSA) is 86.7 Å². The molecule has 112 valence electrons. The van der Waals surface area contributed by atoms with Gasteiger partial charge in [0.2, 0.25) is 0 Å². The van der Waals surface area contributed by atoms with Crippen LogP contribution in [0, 0.1) is 5.82 Å². The minimum absolute atomic E-state index is 0.246. The van der Waals surface area contributed by atoms with Gasteiger partial charge in [0.1, 0.15) is 5.82 Å². The minimum Gasteiger partial charge on any atom is -0.478 e. The number of benzene rings is 1. The highest BCUT2D eigenvalue weighted by Crippen LogP contribution is 2.18. The molecule has 0 aliphatic carbocycles. The summed E-state index contributed by atoms with van der Waals surface area (Å²) >= 11 is 0. The second-order valence-corrected chi connectivity index (χ2v) is 6.06. The Labute approximate surface area is 117 Å². The summed E-state index contributed by atoms with van der Waals surface area (Å²) in [7, 11) is -2.45. The second-order valence-electron chi connectivity index (χ2n) is 4.28. The molecule has 2 N–H and O–H groups in total. The summed E-state index contributed by atoms with van der Waals surface area (Å²) in [4.78, 5) is 10.7. The largest absolute Gasteiger partial charge is 0.478 e. The van der Waals surface area contributed by atoms with Crippen molar-refractivity contribution in [2.24, 2.45) is 0 Å². The Bertz CT molecular complexity index is 589. The molecule has 0 saturated carbocycles. The SMILES string of the molecule is CCCCN(C)S(=O)(=O)Nc1ccc(C(=O)O)cc1F. The first-order valence-corrected chi connectivity index (χ1v) is 7.49. The van der Waals surface area contributed by atoms with Gasteiger partial charge < -0.3 is 5.11 Å². The first-order valence-electron chi connectivity index (χ1n) is 6.05. The van der Waals surface area contributed by atoms with E-state index in [0.29, 0.717) is 13.0 Å². The number of aromatic carboxylic acids is 1. The lowest BCUT2D eigenvalue weighted by Crippen LogP contribution is -2.33. The third-order valence-corrected chi connectivity index (χ3v) is 4.17. The van der Waals surface area contributed by atoms with Crippen LogP contribution >= 0.6 is 0 Å². The molecule has 0 aromatic heterocycles. The van der Waals surface area contributed by atoms with E-state index in [1.165, 1.54) is 7.05 Å². The van der Waals surface area contributed by atoms with Crippen LogP contribution in [-0.2, 0) is 10.2 Å². The van der Waals surface area contributed by atoms with Gasteiger partial charge in [-0.2, -0.15) is 12.7 Å². The number of nitrogens with one attached hydrogen (secondary N) is 1. The quantitative estimate of drug-likeness (QED) is 0.805. The van der Waals surface area contributed by atoms with E-state index in [0.717, 1.165) is 28.9 Å². The Kier molecular flexibility index (Phi) is 5.46. The van der Waals surface area contributed by atoms with Crippen molar-refractivity contribution in [3.63, 3.8) is 0 Å². The number of carboxylic acid groups (broad SMARTS) is 1. The van der Waals surface area contributed by atoms with E-state index in [-0.39, 0.29) is 11.3 Å². The van der Waals surface area contributed by atoms with Crippen LogP contribution in [0.15, 0.2) is 18.2 Å². The van der Waals surface area contributed by atoms with Gasteiger partial charge in [0, 0.05) is 13.6 Å². The fraction of sp³-hybridized carbons (Fsp3) is 0.417. The van der Waals surface area contributed by atoms with E-state index in [1.807, 2.05) is 6.92 Å². The third kappa shape index (κ3) is 4.17. The molecule has 0 amide bonds. The highest BCUT2D eigenvalue weighted by molar-refractivity contribution is 7.90. The molecule has 0 heterocycles.